The van der Waals surface area contributed by atoms with Crippen LogP contribution in [0.2, 0.25) is 0 Å². The molecule has 1 N–H and O–H groups in total. The second-order valence-electron chi connectivity index (χ2n) is 8.15. The van der Waals surface area contributed by atoms with E-state index in [0.717, 1.165) is 11.1 Å². The third-order valence-corrected chi connectivity index (χ3v) is 7.61. The maximum atomic E-state index is 12.9. The molecule has 1 saturated heterocycles. The number of carbonyl (C=O) groups excluding carboxylic acids is 1. The number of piperidine rings is 1. The number of amides is 1. The molecular formula is C22H27N3O5S. The highest BCUT2D eigenvalue weighted by Gasteiger charge is 2.32. The monoisotopic (exact) mass is 445 g/mol. The number of nitro benzene ring substituents is 1. The van der Waals surface area contributed by atoms with Gasteiger partial charge in [0, 0.05) is 31.1 Å². The molecule has 1 heterocycles. The van der Waals surface area contributed by atoms with Crippen LogP contribution in [0.5, 0.6) is 0 Å². The van der Waals surface area contributed by atoms with Crippen LogP contribution in [0.15, 0.2) is 47.4 Å². The maximum Gasteiger partial charge on any atom is 0.271 e. The summed E-state index contributed by atoms with van der Waals surface area (Å²) in [5, 5.41) is 13.7. The number of aryl methyl sites for hydroxylation is 1. The Bertz CT molecular complexity index is 1070. The molecule has 0 radical (unpaired) electrons. The highest BCUT2D eigenvalue weighted by molar-refractivity contribution is 7.89. The van der Waals surface area contributed by atoms with E-state index in [1.165, 1.54) is 16.4 Å². The minimum absolute atomic E-state index is 0.0923. The molecule has 166 valence electrons. The van der Waals surface area contributed by atoms with Crippen LogP contribution in [0.25, 0.3) is 0 Å². The van der Waals surface area contributed by atoms with Crippen LogP contribution in [0.4, 0.5) is 11.4 Å². The van der Waals surface area contributed by atoms with Crippen molar-refractivity contribution in [3.8, 4) is 0 Å². The van der Waals surface area contributed by atoms with Crippen molar-refractivity contribution in [3.05, 3.63) is 63.7 Å². The molecule has 0 spiro atoms. The topological polar surface area (TPSA) is 110 Å². The number of sulfonamides is 1. The zero-order chi connectivity index (χ0) is 22.8. The Balaban J connectivity index is 1.64. The molecule has 0 unspecified atom stereocenters. The van der Waals surface area contributed by atoms with Gasteiger partial charge >= 0.3 is 0 Å². The predicted octanol–water partition coefficient (Wildman–Crippen LogP) is 4.07. The van der Waals surface area contributed by atoms with Crippen LogP contribution in [0, 0.1) is 23.0 Å². The Kier molecular flexibility index (Phi) is 6.76. The Labute approximate surface area is 182 Å². The molecule has 0 saturated carbocycles. The molecule has 9 heteroatoms. The standard InChI is InChI=1S/C22H27N3O5S/c1-15(2)17-5-8-20(9-6-17)31(29,30)24-12-10-18(11-13-24)22(26)23-21-14-19(25(27)28)7-4-16(21)3/h4-9,14-15,18H,10-13H2,1-3H3,(H,23,26). The van der Waals surface area contributed by atoms with Crippen molar-refractivity contribution in [2.75, 3.05) is 18.4 Å². The van der Waals surface area contributed by atoms with Crippen molar-refractivity contribution in [2.45, 2.75) is 44.4 Å². The molecule has 1 aliphatic rings. The minimum Gasteiger partial charge on any atom is -0.325 e. The van der Waals surface area contributed by atoms with Crippen LogP contribution in [-0.4, -0.2) is 36.6 Å². The Morgan fingerprint density at radius 2 is 1.74 bits per heavy atom. The van der Waals surface area contributed by atoms with Gasteiger partial charge in [-0.25, -0.2) is 8.42 Å². The number of anilines is 1. The number of hydrogen-bond donors (Lipinski definition) is 1. The van der Waals surface area contributed by atoms with E-state index >= 15 is 0 Å². The van der Waals surface area contributed by atoms with Crippen molar-refractivity contribution in [1.29, 1.82) is 0 Å². The lowest BCUT2D eigenvalue weighted by atomic mass is 9.97. The number of non-ortho nitro benzene ring substituents is 1. The van der Waals surface area contributed by atoms with Gasteiger partial charge < -0.3 is 5.32 Å². The van der Waals surface area contributed by atoms with E-state index in [1.807, 2.05) is 12.1 Å². The van der Waals surface area contributed by atoms with Gasteiger partial charge in [0.25, 0.3) is 5.69 Å². The van der Waals surface area contributed by atoms with Gasteiger partial charge in [0.1, 0.15) is 0 Å². The number of rotatable bonds is 6. The second kappa shape index (κ2) is 9.15. The van der Waals surface area contributed by atoms with E-state index in [4.69, 9.17) is 0 Å². The number of hydrogen-bond acceptors (Lipinski definition) is 5. The molecular weight excluding hydrogens is 418 g/mol. The van der Waals surface area contributed by atoms with E-state index in [9.17, 15) is 23.3 Å². The number of benzene rings is 2. The maximum absolute atomic E-state index is 12.9. The second-order valence-corrected chi connectivity index (χ2v) is 10.1. The minimum atomic E-state index is -3.61. The van der Waals surface area contributed by atoms with Crippen molar-refractivity contribution in [2.24, 2.45) is 5.92 Å². The molecule has 3 rings (SSSR count). The molecule has 8 nitrogen and oxygen atoms in total. The number of nitrogens with one attached hydrogen (secondary N) is 1. The van der Waals surface area contributed by atoms with Gasteiger partial charge in [0.15, 0.2) is 0 Å². The summed E-state index contributed by atoms with van der Waals surface area (Å²) >= 11 is 0. The van der Waals surface area contributed by atoms with Gasteiger partial charge in [0.2, 0.25) is 15.9 Å². The summed E-state index contributed by atoms with van der Waals surface area (Å²) in [6.45, 7) is 6.36. The van der Waals surface area contributed by atoms with E-state index in [1.54, 1.807) is 25.1 Å². The van der Waals surface area contributed by atoms with Crippen LogP contribution in [0.1, 0.15) is 43.7 Å². The van der Waals surface area contributed by atoms with Crippen molar-refractivity contribution in [1.82, 2.24) is 4.31 Å². The molecule has 2 aromatic carbocycles. The van der Waals surface area contributed by atoms with E-state index in [2.05, 4.69) is 19.2 Å². The average Bonchev–Trinajstić information content (AvgIpc) is 2.75. The summed E-state index contributed by atoms with van der Waals surface area (Å²) in [6, 6.07) is 11.3. The molecule has 1 amide bonds. The summed E-state index contributed by atoms with van der Waals surface area (Å²) in [4.78, 5) is 23.4. The van der Waals surface area contributed by atoms with Crippen molar-refractivity contribution in [3.63, 3.8) is 0 Å². The van der Waals surface area contributed by atoms with Gasteiger partial charge in [-0.15, -0.1) is 0 Å². The van der Waals surface area contributed by atoms with Gasteiger partial charge in [-0.2, -0.15) is 4.31 Å². The normalized spacial score (nSPS) is 15.7. The summed E-state index contributed by atoms with van der Waals surface area (Å²) < 4.78 is 27.3. The predicted molar refractivity (Wildman–Crippen MR) is 118 cm³/mol. The smallest absolute Gasteiger partial charge is 0.271 e. The third-order valence-electron chi connectivity index (χ3n) is 5.70. The molecule has 31 heavy (non-hydrogen) atoms. The largest absolute Gasteiger partial charge is 0.325 e. The summed E-state index contributed by atoms with van der Waals surface area (Å²) in [7, 11) is -3.61. The average molecular weight is 446 g/mol. The van der Waals surface area contributed by atoms with E-state index in [-0.39, 0.29) is 35.5 Å². The van der Waals surface area contributed by atoms with Crippen LogP contribution in [0.3, 0.4) is 0 Å². The first-order valence-corrected chi connectivity index (χ1v) is 11.7. The van der Waals surface area contributed by atoms with Gasteiger partial charge in [0.05, 0.1) is 15.5 Å². The lowest BCUT2D eigenvalue weighted by Crippen LogP contribution is -2.41. The van der Waals surface area contributed by atoms with Crippen molar-refractivity contribution < 1.29 is 18.1 Å². The number of nitrogens with zero attached hydrogens (tertiary/aromatic N) is 2. The lowest BCUT2D eigenvalue weighted by molar-refractivity contribution is -0.384. The van der Waals surface area contributed by atoms with Gasteiger partial charge in [-0.05, 0) is 48.9 Å². The van der Waals surface area contributed by atoms with Crippen LogP contribution < -0.4 is 5.32 Å². The first-order valence-electron chi connectivity index (χ1n) is 10.3. The molecule has 0 aromatic heterocycles. The number of nitro groups is 1. The fourth-order valence-electron chi connectivity index (χ4n) is 3.63. The summed E-state index contributed by atoms with van der Waals surface area (Å²) in [5.41, 5.74) is 2.11. The third kappa shape index (κ3) is 5.11. The molecule has 1 aliphatic heterocycles. The Morgan fingerprint density at radius 1 is 1.13 bits per heavy atom. The van der Waals surface area contributed by atoms with E-state index in [0.29, 0.717) is 24.4 Å². The van der Waals surface area contributed by atoms with Crippen LogP contribution >= 0.6 is 0 Å². The van der Waals surface area contributed by atoms with Crippen molar-refractivity contribution >= 4 is 27.3 Å². The zero-order valence-electron chi connectivity index (χ0n) is 17.9. The SMILES string of the molecule is Cc1ccc([N+](=O)[O-])cc1NC(=O)C1CCN(S(=O)(=O)c2ccc(C(C)C)cc2)CC1. The highest BCUT2D eigenvalue weighted by Crippen LogP contribution is 2.27. The fourth-order valence-corrected chi connectivity index (χ4v) is 5.09. The lowest BCUT2D eigenvalue weighted by Gasteiger charge is -2.30. The zero-order valence-corrected chi connectivity index (χ0v) is 18.7. The first-order chi connectivity index (χ1) is 14.6. The highest BCUT2D eigenvalue weighted by atomic mass is 32.2. The molecule has 1 fully saturated rings. The molecule has 0 aliphatic carbocycles. The molecule has 2 aromatic rings. The van der Waals surface area contributed by atoms with Gasteiger partial charge in [-0.3, -0.25) is 14.9 Å². The summed E-state index contributed by atoms with van der Waals surface area (Å²) in [5.74, 6) is -0.281. The molecule has 0 atom stereocenters. The van der Waals surface area contributed by atoms with E-state index < -0.39 is 14.9 Å². The number of carbonyl (C=O) groups is 1. The Hall–Kier alpha value is -2.78. The summed E-state index contributed by atoms with van der Waals surface area (Å²) in [6.07, 6.45) is 0.784. The molecule has 0 bridgehead atoms. The quantitative estimate of drug-likeness (QED) is 0.532. The first kappa shape index (κ1) is 22.9. The fraction of sp³-hybridized carbons (Fsp3) is 0.409. The van der Waals surface area contributed by atoms with Crippen LogP contribution in [-0.2, 0) is 14.8 Å². The van der Waals surface area contributed by atoms with Gasteiger partial charge in [-0.1, -0.05) is 32.0 Å². The Morgan fingerprint density at radius 3 is 2.29 bits per heavy atom.